The summed E-state index contributed by atoms with van der Waals surface area (Å²) >= 11 is 0. The van der Waals surface area contributed by atoms with E-state index in [0.717, 1.165) is 31.0 Å². The van der Waals surface area contributed by atoms with E-state index in [1.807, 2.05) is 13.0 Å². The number of piperazine rings is 1. The van der Waals surface area contributed by atoms with Gasteiger partial charge in [0.1, 0.15) is 12.1 Å². The minimum atomic E-state index is -0.0447. The van der Waals surface area contributed by atoms with Crippen molar-refractivity contribution in [1.82, 2.24) is 14.9 Å². The summed E-state index contributed by atoms with van der Waals surface area (Å²) < 4.78 is 0. The monoisotopic (exact) mass is 365 g/mol. The maximum absolute atomic E-state index is 12.5. The molecule has 140 valence electrons. The van der Waals surface area contributed by atoms with Gasteiger partial charge in [0.25, 0.3) is 0 Å². The normalized spacial score (nSPS) is 21.5. The number of fused-ring (bicyclic) bond motifs is 2. The summed E-state index contributed by atoms with van der Waals surface area (Å²) in [4.78, 5) is 37.0. The molecule has 3 fully saturated rings. The van der Waals surface area contributed by atoms with Crippen LogP contribution in [0.4, 0.5) is 11.5 Å². The van der Waals surface area contributed by atoms with Crippen molar-refractivity contribution in [3.63, 3.8) is 0 Å². The van der Waals surface area contributed by atoms with Crippen molar-refractivity contribution >= 4 is 23.2 Å². The van der Waals surface area contributed by atoms with Crippen LogP contribution in [0.15, 0.2) is 36.7 Å². The molecule has 5 rings (SSSR count). The number of aromatic nitrogens is 2. The van der Waals surface area contributed by atoms with Gasteiger partial charge in [-0.25, -0.2) is 9.97 Å². The van der Waals surface area contributed by atoms with Gasteiger partial charge in [0.2, 0.25) is 5.91 Å². The highest BCUT2D eigenvalue weighted by molar-refractivity contribution is 5.97. The number of nitrogens with zero attached hydrogens (tertiary/aromatic N) is 4. The highest BCUT2D eigenvalue weighted by Crippen LogP contribution is 2.33. The van der Waals surface area contributed by atoms with Crippen molar-refractivity contribution in [2.24, 2.45) is 0 Å². The molecule has 3 aliphatic heterocycles. The van der Waals surface area contributed by atoms with Crippen LogP contribution in [-0.2, 0) is 4.79 Å². The van der Waals surface area contributed by atoms with Gasteiger partial charge in [0.05, 0.1) is 6.54 Å². The summed E-state index contributed by atoms with van der Waals surface area (Å²) in [6, 6.07) is 9.80. The second-order valence-corrected chi connectivity index (χ2v) is 7.32. The Morgan fingerprint density at radius 1 is 1.19 bits per heavy atom. The fraction of sp³-hybridized carbons (Fsp3) is 0.400. The number of Topliss-reactive ketones (excluding diaryl/α,β-unsaturated/α-hetero) is 1. The standard InChI is InChI=1S/C20H23N5O2/c1-13-6-19(22-12-21-13)24-9-17-8-18(10-24)25(17)11-20(27)23-16-5-3-4-15(7-16)14(2)26/h3-7,12,17-18H,8-11H2,1-2H3,(H,23,27). The number of anilines is 2. The van der Waals surface area contributed by atoms with E-state index in [-0.39, 0.29) is 11.7 Å². The molecule has 7 heteroatoms. The average molecular weight is 365 g/mol. The van der Waals surface area contributed by atoms with E-state index in [1.54, 1.807) is 30.6 Å². The number of carbonyl (C=O) groups is 2. The Kier molecular flexibility index (Phi) is 4.61. The summed E-state index contributed by atoms with van der Waals surface area (Å²) in [5, 5.41) is 2.91. The van der Waals surface area contributed by atoms with E-state index in [9.17, 15) is 9.59 Å². The Morgan fingerprint density at radius 3 is 2.67 bits per heavy atom. The topological polar surface area (TPSA) is 78.4 Å². The molecule has 3 saturated heterocycles. The molecule has 1 aromatic carbocycles. The van der Waals surface area contributed by atoms with Gasteiger partial charge in [-0.1, -0.05) is 12.1 Å². The zero-order valence-electron chi connectivity index (χ0n) is 15.6. The maximum Gasteiger partial charge on any atom is 0.238 e. The van der Waals surface area contributed by atoms with Crippen LogP contribution in [0.25, 0.3) is 0 Å². The third-order valence-electron chi connectivity index (χ3n) is 5.34. The van der Waals surface area contributed by atoms with Crippen LogP contribution in [-0.4, -0.2) is 58.3 Å². The predicted octanol–water partition coefficient (Wildman–Crippen LogP) is 1.89. The Hall–Kier alpha value is -2.80. The summed E-state index contributed by atoms with van der Waals surface area (Å²) in [5.41, 5.74) is 2.23. The molecule has 2 atom stereocenters. The maximum atomic E-state index is 12.5. The number of benzene rings is 1. The van der Waals surface area contributed by atoms with Crippen molar-refractivity contribution < 1.29 is 9.59 Å². The van der Waals surface area contributed by atoms with Gasteiger partial charge in [-0.05, 0) is 32.4 Å². The molecule has 27 heavy (non-hydrogen) atoms. The van der Waals surface area contributed by atoms with E-state index in [0.29, 0.717) is 29.9 Å². The first-order valence-corrected chi connectivity index (χ1v) is 9.20. The van der Waals surface area contributed by atoms with Crippen molar-refractivity contribution in [2.45, 2.75) is 32.4 Å². The third kappa shape index (κ3) is 3.68. The molecule has 2 bridgehead atoms. The van der Waals surface area contributed by atoms with Crippen LogP contribution in [0.3, 0.4) is 0 Å². The first-order valence-electron chi connectivity index (χ1n) is 9.20. The van der Waals surface area contributed by atoms with Crippen LogP contribution in [0, 0.1) is 6.92 Å². The SMILES string of the molecule is CC(=O)c1cccc(NC(=O)CN2C3CC2CN(c2cc(C)ncn2)C3)c1. The van der Waals surface area contributed by atoms with E-state index in [2.05, 4.69) is 25.1 Å². The van der Waals surface area contributed by atoms with Crippen LogP contribution >= 0.6 is 0 Å². The lowest BCUT2D eigenvalue weighted by molar-refractivity contribution is -0.121. The number of rotatable bonds is 5. The Labute approximate surface area is 158 Å². The van der Waals surface area contributed by atoms with Gasteiger partial charge in [-0.15, -0.1) is 0 Å². The molecule has 0 radical (unpaired) electrons. The minimum Gasteiger partial charge on any atom is -0.353 e. The van der Waals surface area contributed by atoms with Crippen LogP contribution in [0.5, 0.6) is 0 Å². The first-order chi connectivity index (χ1) is 13.0. The lowest BCUT2D eigenvalue weighted by atomic mass is 9.87. The Bertz CT molecular complexity index is 872. The Morgan fingerprint density at radius 2 is 1.96 bits per heavy atom. The molecule has 3 aliphatic rings. The van der Waals surface area contributed by atoms with E-state index >= 15 is 0 Å². The third-order valence-corrected chi connectivity index (χ3v) is 5.34. The molecule has 2 unspecified atom stereocenters. The van der Waals surface area contributed by atoms with Crippen molar-refractivity contribution in [1.29, 1.82) is 0 Å². The molecular weight excluding hydrogens is 342 g/mol. The zero-order valence-corrected chi connectivity index (χ0v) is 15.6. The predicted molar refractivity (Wildman–Crippen MR) is 103 cm³/mol. The minimum absolute atomic E-state index is 0.0107. The van der Waals surface area contributed by atoms with Gasteiger partial charge in [0, 0.05) is 48.2 Å². The van der Waals surface area contributed by atoms with E-state index < -0.39 is 0 Å². The fourth-order valence-corrected chi connectivity index (χ4v) is 3.93. The molecule has 4 heterocycles. The number of aryl methyl sites for hydroxylation is 1. The molecule has 7 nitrogen and oxygen atoms in total. The lowest BCUT2D eigenvalue weighted by Gasteiger charge is -2.56. The van der Waals surface area contributed by atoms with Gasteiger partial charge in [-0.3, -0.25) is 14.5 Å². The van der Waals surface area contributed by atoms with Gasteiger partial charge in [-0.2, -0.15) is 0 Å². The second kappa shape index (κ2) is 7.08. The summed E-state index contributed by atoms with van der Waals surface area (Å²) in [7, 11) is 0. The number of nitrogens with one attached hydrogen (secondary N) is 1. The number of piperidine rings is 1. The number of ketones is 1. The Balaban J connectivity index is 1.34. The molecule has 2 aromatic rings. The van der Waals surface area contributed by atoms with Crippen molar-refractivity contribution in [3.8, 4) is 0 Å². The van der Waals surface area contributed by atoms with E-state index in [1.165, 1.54) is 6.92 Å². The summed E-state index contributed by atoms with van der Waals surface area (Å²) in [5.74, 6) is 0.905. The molecule has 0 spiro atoms. The molecule has 1 amide bonds. The van der Waals surface area contributed by atoms with Gasteiger partial charge >= 0.3 is 0 Å². The number of carbonyl (C=O) groups excluding carboxylic acids is 2. The van der Waals surface area contributed by atoms with E-state index in [4.69, 9.17) is 0 Å². The smallest absolute Gasteiger partial charge is 0.238 e. The summed E-state index contributed by atoms with van der Waals surface area (Å²) in [6.07, 6.45) is 2.72. The summed E-state index contributed by atoms with van der Waals surface area (Å²) in [6.45, 7) is 5.61. The first kappa shape index (κ1) is 17.6. The quantitative estimate of drug-likeness (QED) is 0.816. The number of hydrogen-bond acceptors (Lipinski definition) is 6. The van der Waals surface area contributed by atoms with Gasteiger partial charge in [0.15, 0.2) is 5.78 Å². The largest absolute Gasteiger partial charge is 0.353 e. The van der Waals surface area contributed by atoms with Crippen LogP contribution < -0.4 is 10.2 Å². The average Bonchev–Trinajstić information content (AvgIpc) is 2.66. The number of hydrogen-bond donors (Lipinski definition) is 1. The fourth-order valence-electron chi connectivity index (χ4n) is 3.93. The molecule has 1 N–H and O–H groups in total. The van der Waals surface area contributed by atoms with Crippen molar-refractivity contribution in [3.05, 3.63) is 47.9 Å². The molecular formula is C20H23N5O2. The number of amides is 1. The molecule has 0 aliphatic carbocycles. The van der Waals surface area contributed by atoms with Crippen LogP contribution in [0.2, 0.25) is 0 Å². The van der Waals surface area contributed by atoms with Crippen LogP contribution in [0.1, 0.15) is 29.4 Å². The lowest BCUT2D eigenvalue weighted by Crippen LogP contribution is -2.69. The zero-order chi connectivity index (χ0) is 19.0. The highest BCUT2D eigenvalue weighted by atomic mass is 16.2. The highest BCUT2D eigenvalue weighted by Gasteiger charge is 2.45. The van der Waals surface area contributed by atoms with Crippen molar-refractivity contribution in [2.75, 3.05) is 29.9 Å². The second-order valence-electron chi connectivity index (χ2n) is 7.32. The van der Waals surface area contributed by atoms with Gasteiger partial charge < -0.3 is 10.2 Å². The molecule has 1 aromatic heterocycles. The molecule has 0 saturated carbocycles.